The Balaban J connectivity index is 1.67. The summed E-state index contributed by atoms with van der Waals surface area (Å²) in [4.78, 5) is 26.5. The first-order valence-corrected chi connectivity index (χ1v) is 9.53. The first kappa shape index (κ1) is 18.2. The molecule has 0 aromatic rings. The number of nitriles is 1. The lowest BCUT2D eigenvalue weighted by atomic mass is 9.77. The van der Waals surface area contributed by atoms with Crippen LogP contribution in [-0.4, -0.2) is 48.7 Å². The predicted octanol–water partition coefficient (Wildman–Crippen LogP) is 2.42. The van der Waals surface area contributed by atoms with Crippen molar-refractivity contribution in [2.24, 2.45) is 11.8 Å². The summed E-state index contributed by atoms with van der Waals surface area (Å²) in [6.07, 6.45) is 7.49. The molecular formula is C19H28N2O4. The Labute approximate surface area is 149 Å². The Kier molecular flexibility index (Phi) is 5.63. The first-order chi connectivity index (χ1) is 12.1. The maximum Gasteiger partial charge on any atom is 0.308 e. The fourth-order valence-corrected chi connectivity index (χ4v) is 4.79. The molecule has 3 rings (SSSR count). The van der Waals surface area contributed by atoms with E-state index in [9.17, 15) is 14.9 Å². The number of rotatable bonds is 2. The maximum absolute atomic E-state index is 13.1. The fourth-order valence-electron chi connectivity index (χ4n) is 4.79. The zero-order chi connectivity index (χ0) is 17.9. The van der Waals surface area contributed by atoms with Gasteiger partial charge in [-0.15, -0.1) is 0 Å². The Morgan fingerprint density at radius 2 is 1.80 bits per heavy atom. The molecule has 0 radical (unpaired) electrons. The zero-order valence-electron chi connectivity index (χ0n) is 15.0. The summed E-state index contributed by atoms with van der Waals surface area (Å²) in [7, 11) is 1.41. The number of likely N-dealkylation sites (tertiary alicyclic amines) is 1. The zero-order valence-corrected chi connectivity index (χ0v) is 15.0. The van der Waals surface area contributed by atoms with Crippen LogP contribution < -0.4 is 0 Å². The van der Waals surface area contributed by atoms with Crippen molar-refractivity contribution in [2.75, 3.05) is 20.3 Å². The number of hydrogen-bond acceptors (Lipinski definition) is 5. The van der Waals surface area contributed by atoms with Crippen LogP contribution >= 0.6 is 0 Å². The lowest BCUT2D eigenvalue weighted by Gasteiger charge is -2.49. The van der Waals surface area contributed by atoms with E-state index in [-0.39, 0.29) is 23.7 Å². The summed E-state index contributed by atoms with van der Waals surface area (Å²) in [6.45, 7) is 1.32. The summed E-state index contributed by atoms with van der Waals surface area (Å²) in [5, 5.41) is 9.79. The van der Waals surface area contributed by atoms with Crippen LogP contribution in [0.1, 0.15) is 57.8 Å². The molecule has 2 heterocycles. The number of piperidine rings is 1. The van der Waals surface area contributed by atoms with Crippen LogP contribution in [0.3, 0.4) is 0 Å². The molecule has 1 spiro atoms. The van der Waals surface area contributed by atoms with E-state index >= 15 is 0 Å². The van der Waals surface area contributed by atoms with E-state index < -0.39 is 11.6 Å². The third-order valence-electron chi connectivity index (χ3n) is 6.21. The average molecular weight is 348 g/mol. The molecule has 3 aliphatic rings. The van der Waals surface area contributed by atoms with Crippen molar-refractivity contribution in [1.82, 2.24) is 4.90 Å². The quantitative estimate of drug-likeness (QED) is 0.716. The highest BCUT2D eigenvalue weighted by molar-refractivity contribution is 5.80. The Bertz CT molecular complexity index is 537. The van der Waals surface area contributed by atoms with Gasteiger partial charge in [-0.05, 0) is 57.8 Å². The van der Waals surface area contributed by atoms with E-state index in [1.807, 2.05) is 0 Å². The van der Waals surface area contributed by atoms with Gasteiger partial charge in [-0.25, -0.2) is 0 Å². The molecule has 6 heteroatoms. The number of carbonyl (C=O) groups is 2. The number of amides is 1. The summed E-state index contributed by atoms with van der Waals surface area (Å²) < 4.78 is 10.9. The van der Waals surface area contributed by atoms with Gasteiger partial charge in [0, 0.05) is 19.1 Å². The van der Waals surface area contributed by atoms with Gasteiger partial charge in [-0.2, -0.15) is 5.26 Å². The van der Waals surface area contributed by atoms with Crippen LogP contribution in [0.15, 0.2) is 0 Å². The standard InChI is InChI=1S/C19H28N2O4/c1-24-18(23)15-7-5-14(6-8-15)17(22)21-11-4-10-19(16(21)13-20)9-2-3-12-25-19/h14-16H,2-12H2,1H3/t14?,15?,16-,19-/m0/s1. The van der Waals surface area contributed by atoms with E-state index in [1.54, 1.807) is 4.90 Å². The van der Waals surface area contributed by atoms with E-state index in [2.05, 4.69) is 6.07 Å². The number of hydrogen-bond donors (Lipinski definition) is 0. The van der Waals surface area contributed by atoms with Gasteiger partial charge in [0.05, 0.1) is 19.1 Å². The minimum atomic E-state index is -0.479. The van der Waals surface area contributed by atoms with Crippen LogP contribution in [0.25, 0.3) is 0 Å². The van der Waals surface area contributed by atoms with Crippen LogP contribution in [0.5, 0.6) is 0 Å². The van der Waals surface area contributed by atoms with Crippen molar-refractivity contribution in [3.8, 4) is 6.07 Å². The Hall–Kier alpha value is -1.61. The molecule has 0 unspecified atom stereocenters. The molecule has 6 nitrogen and oxygen atoms in total. The van der Waals surface area contributed by atoms with E-state index in [4.69, 9.17) is 9.47 Å². The summed E-state index contributed by atoms with van der Waals surface area (Å²) >= 11 is 0. The van der Waals surface area contributed by atoms with Crippen molar-refractivity contribution >= 4 is 11.9 Å². The molecule has 1 saturated carbocycles. The normalized spacial score (nSPS) is 35.8. The highest BCUT2D eigenvalue weighted by Gasteiger charge is 2.49. The maximum atomic E-state index is 13.1. The van der Waals surface area contributed by atoms with Crippen LogP contribution in [0, 0.1) is 23.2 Å². The Morgan fingerprint density at radius 3 is 2.40 bits per heavy atom. The number of carbonyl (C=O) groups excluding carboxylic acids is 2. The molecule has 138 valence electrons. The number of esters is 1. The lowest BCUT2D eigenvalue weighted by Crippen LogP contribution is -2.61. The number of ether oxygens (including phenoxy) is 2. The van der Waals surface area contributed by atoms with Gasteiger partial charge < -0.3 is 14.4 Å². The molecule has 0 aromatic carbocycles. The van der Waals surface area contributed by atoms with Crippen molar-refractivity contribution in [3.63, 3.8) is 0 Å². The van der Waals surface area contributed by atoms with Gasteiger partial charge in [0.25, 0.3) is 0 Å². The smallest absolute Gasteiger partial charge is 0.308 e. The summed E-state index contributed by atoms with van der Waals surface area (Å²) in [5.74, 6) is -0.276. The van der Waals surface area contributed by atoms with Gasteiger partial charge >= 0.3 is 5.97 Å². The van der Waals surface area contributed by atoms with Crippen LogP contribution in [0.4, 0.5) is 0 Å². The predicted molar refractivity (Wildman–Crippen MR) is 90.3 cm³/mol. The van der Waals surface area contributed by atoms with E-state index in [0.29, 0.717) is 38.8 Å². The number of nitrogens with zero attached hydrogens (tertiary/aromatic N) is 2. The van der Waals surface area contributed by atoms with Gasteiger partial charge in [-0.3, -0.25) is 9.59 Å². The highest BCUT2D eigenvalue weighted by atomic mass is 16.5. The Morgan fingerprint density at radius 1 is 1.12 bits per heavy atom. The number of methoxy groups -OCH3 is 1. The third-order valence-corrected chi connectivity index (χ3v) is 6.21. The minimum Gasteiger partial charge on any atom is -0.469 e. The van der Waals surface area contributed by atoms with E-state index in [1.165, 1.54) is 7.11 Å². The molecule has 1 amide bonds. The van der Waals surface area contributed by atoms with Gasteiger partial charge in [0.1, 0.15) is 11.6 Å². The monoisotopic (exact) mass is 348 g/mol. The van der Waals surface area contributed by atoms with Gasteiger partial charge in [-0.1, -0.05) is 0 Å². The second-order valence-electron chi connectivity index (χ2n) is 7.61. The van der Waals surface area contributed by atoms with Crippen molar-refractivity contribution in [2.45, 2.75) is 69.4 Å². The second-order valence-corrected chi connectivity index (χ2v) is 7.61. The topological polar surface area (TPSA) is 79.6 Å². The molecule has 25 heavy (non-hydrogen) atoms. The molecule has 0 N–H and O–H groups in total. The molecule has 3 fully saturated rings. The molecule has 0 bridgehead atoms. The molecule has 2 atom stereocenters. The van der Waals surface area contributed by atoms with Gasteiger partial charge in [0.2, 0.25) is 5.91 Å². The van der Waals surface area contributed by atoms with E-state index in [0.717, 1.165) is 32.1 Å². The summed E-state index contributed by atoms with van der Waals surface area (Å²) in [5.41, 5.74) is -0.468. The van der Waals surface area contributed by atoms with Gasteiger partial charge in [0.15, 0.2) is 0 Å². The van der Waals surface area contributed by atoms with Crippen LogP contribution in [0.2, 0.25) is 0 Å². The highest BCUT2D eigenvalue weighted by Crippen LogP contribution is 2.40. The SMILES string of the molecule is COC(=O)C1CCC(C(=O)N2CCC[C@@]3(CCCCO3)[C@@H]2C#N)CC1. The van der Waals surface area contributed by atoms with Crippen molar-refractivity contribution in [3.05, 3.63) is 0 Å². The second kappa shape index (κ2) is 7.74. The molecule has 0 aromatic heterocycles. The van der Waals surface area contributed by atoms with Crippen molar-refractivity contribution in [1.29, 1.82) is 5.26 Å². The molecule has 2 aliphatic heterocycles. The minimum absolute atomic E-state index is 0.0723. The van der Waals surface area contributed by atoms with Crippen LogP contribution in [-0.2, 0) is 19.1 Å². The molecular weight excluding hydrogens is 320 g/mol. The molecule has 2 saturated heterocycles. The van der Waals surface area contributed by atoms with Crippen molar-refractivity contribution < 1.29 is 19.1 Å². The lowest BCUT2D eigenvalue weighted by molar-refractivity contribution is -0.164. The average Bonchev–Trinajstić information content (AvgIpc) is 2.67. The summed E-state index contributed by atoms with van der Waals surface area (Å²) in [6, 6.07) is 1.90. The largest absolute Gasteiger partial charge is 0.469 e. The fraction of sp³-hybridized carbons (Fsp3) is 0.842. The first-order valence-electron chi connectivity index (χ1n) is 9.53. The third kappa shape index (κ3) is 3.52. The molecule has 1 aliphatic carbocycles.